The first-order chi connectivity index (χ1) is 12.6. The van der Waals surface area contributed by atoms with E-state index in [1.165, 1.54) is 32.1 Å². The number of ether oxygens (including phenoxy) is 1. The number of morpholine rings is 1. The number of hydrogen-bond donors (Lipinski definition) is 2. The Morgan fingerprint density at radius 2 is 1.92 bits per heavy atom. The molecule has 152 valence electrons. The predicted molar refractivity (Wildman–Crippen MR) is 102 cm³/mol. The Morgan fingerprint density at radius 3 is 2.50 bits per heavy atom. The van der Waals surface area contributed by atoms with Crippen molar-refractivity contribution < 1.29 is 23.2 Å². The molecule has 26 heavy (non-hydrogen) atoms. The van der Waals surface area contributed by atoms with Crippen molar-refractivity contribution in [3.63, 3.8) is 0 Å². The smallest absolute Gasteiger partial charge is 0.376 e. The van der Waals surface area contributed by atoms with Gasteiger partial charge in [-0.1, -0.05) is 19.3 Å². The van der Waals surface area contributed by atoms with Crippen LogP contribution in [0, 0.1) is 0 Å². The lowest BCUT2D eigenvalue weighted by Crippen LogP contribution is -2.38. The van der Waals surface area contributed by atoms with Crippen LogP contribution in [0.1, 0.15) is 52.4 Å². The first kappa shape index (κ1) is 23.4. The third kappa shape index (κ3) is 11.9. The Bertz CT molecular complexity index is 449. The van der Waals surface area contributed by atoms with Crippen LogP contribution in [0.2, 0.25) is 0 Å². The van der Waals surface area contributed by atoms with Gasteiger partial charge in [0.25, 0.3) is 0 Å². The molecule has 2 rings (SSSR count). The molecular formula is C17H34N3O5P. The van der Waals surface area contributed by atoms with Crippen LogP contribution in [0.5, 0.6) is 0 Å². The lowest BCUT2D eigenvalue weighted by Gasteiger charge is -2.22. The molecule has 1 atom stereocenters. The van der Waals surface area contributed by atoms with E-state index < -0.39 is 7.82 Å². The number of nitrogens with zero attached hydrogens (tertiary/aromatic N) is 2. The quantitative estimate of drug-likeness (QED) is 0.487. The van der Waals surface area contributed by atoms with Gasteiger partial charge in [-0.3, -0.25) is 9.05 Å². The summed E-state index contributed by atoms with van der Waals surface area (Å²) in [5.41, 5.74) is 0. The Balaban J connectivity index is 0.000000321. The van der Waals surface area contributed by atoms with Crippen LogP contribution in [-0.4, -0.2) is 62.5 Å². The molecule has 8 nitrogen and oxygen atoms in total. The molecule has 2 aliphatic rings. The topological polar surface area (TPSA) is 102 Å². The van der Waals surface area contributed by atoms with E-state index in [0.717, 1.165) is 32.7 Å². The van der Waals surface area contributed by atoms with Crippen molar-refractivity contribution in [2.45, 2.75) is 64.5 Å². The number of phosphoric ester groups is 1. The molecule has 9 heteroatoms. The molecule has 1 saturated carbocycles. The van der Waals surface area contributed by atoms with Crippen LogP contribution in [0.3, 0.4) is 0 Å². The summed E-state index contributed by atoms with van der Waals surface area (Å²) in [5, 5.41) is 3.32. The van der Waals surface area contributed by atoms with Gasteiger partial charge in [0.05, 0.1) is 44.5 Å². The molecule has 1 saturated heterocycles. The minimum absolute atomic E-state index is 0.188. The number of rotatable bonds is 8. The van der Waals surface area contributed by atoms with E-state index in [4.69, 9.17) is 9.63 Å². The third-order valence-corrected chi connectivity index (χ3v) is 5.21. The maximum atomic E-state index is 10.5. The lowest BCUT2D eigenvalue weighted by molar-refractivity contribution is 0.0253. The van der Waals surface area contributed by atoms with E-state index in [1.807, 2.05) is 0 Å². The highest BCUT2D eigenvalue weighted by Crippen LogP contribution is 2.42. The van der Waals surface area contributed by atoms with Crippen molar-refractivity contribution in [2.75, 3.05) is 39.5 Å². The van der Waals surface area contributed by atoms with Crippen molar-refractivity contribution in [2.24, 2.45) is 9.98 Å². The zero-order valence-electron chi connectivity index (χ0n) is 16.1. The van der Waals surface area contributed by atoms with Crippen LogP contribution >= 0.6 is 7.82 Å². The fourth-order valence-electron chi connectivity index (χ4n) is 2.76. The Morgan fingerprint density at radius 1 is 1.23 bits per heavy atom. The molecule has 0 aromatic carbocycles. The van der Waals surface area contributed by atoms with Crippen molar-refractivity contribution in [1.29, 1.82) is 0 Å². The second-order valence-electron chi connectivity index (χ2n) is 6.19. The predicted octanol–water partition coefficient (Wildman–Crippen LogP) is 3.03. The highest BCUT2D eigenvalue weighted by Gasteiger charge is 2.17. The average Bonchev–Trinajstić information content (AvgIpc) is 2.64. The summed E-state index contributed by atoms with van der Waals surface area (Å²) < 4.78 is 24.8. The first-order valence-corrected chi connectivity index (χ1v) is 11.1. The van der Waals surface area contributed by atoms with E-state index in [0.29, 0.717) is 12.1 Å². The maximum absolute atomic E-state index is 10.5. The number of nitrogens with one attached hydrogen (secondary N) is 1. The van der Waals surface area contributed by atoms with E-state index in [1.54, 1.807) is 13.8 Å². The summed E-state index contributed by atoms with van der Waals surface area (Å²) in [7, 11) is -3.69. The molecule has 1 heterocycles. The monoisotopic (exact) mass is 391 g/mol. The van der Waals surface area contributed by atoms with Gasteiger partial charge >= 0.3 is 7.82 Å². The largest absolute Gasteiger partial charge is 0.472 e. The van der Waals surface area contributed by atoms with Crippen LogP contribution in [0.15, 0.2) is 9.98 Å². The first-order valence-electron chi connectivity index (χ1n) is 9.63. The zero-order chi connectivity index (χ0) is 19.1. The van der Waals surface area contributed by atoms with Crippen LogP contribution in [0.4, 0.5) is 0 Å². The van der Waals surface area contributed by atoms with Gasteiger partial charge in [-0.15, -0.1) is 0 Å². The Hall–Kier alpha value is -0.590. The number of hydrogen-bond acceptors (Lipinski definition) is 7. The van der Waals surface area contributed by atoms with Crippen LogP contribution in [0.25, 0.3) is 0 Å². The molecule has 0 spiro atoms. The highest BCUT2D eigenvalue weighted by molar-refractivity contribution is 7.47. The van der Waals surface area contributed by atoms with E-state index in [9.17, 15) is 4.57 Å². The van der Waals surface area contributed by atoms with Gasteiger partial charge in [0, 0.05) is 13.1 Å². The standard InChI is InChI=1S/C13H23N3O.C4H11O4P/c1-2-4-12(5-3-1)16-11-15-7-6-13-10-14-8-9-17-13;1-3-7-9(5,6)8-4-2/h12-14H,1-10H2;3-4H2,1-2H3,(H,5,6). The fourth-order valence-corrected chi connectivity index (χ4v) is 3.49. The van der Waals surface area contributed by atoms with Crippen molar-refractivity contribution in [1.82, 2.24) is 5.32 Å². The normalized spacial score (nSPS) is 21.3. The molecule has 1 unspecified atom stereocenters. The van der Waals surface area contributed by atoms with Gasteiger partial charge in [0.1, 0.15) is 0 Å². The highest BCUT2D eigenvalue weighted by atomic mass is 31.2. The van der Waals surface area contributed by atoms with Crippen molar-refractivity contribution in [3.8, 4) is 0 Å². The molecular weight excluding hydrogens is 357 g/mol. The van der Waals surface area contributed by atoms with Crippen molar-refractivity contribution >= 4 is 13.8 Å². The summed E-state index contributed by atoms with van der Waals surface area (Å²) in [6.45, 7) is 7.16. The number of aliphatic imine (C=N–C) groups is 2. The van der Waals surface area contributed by atoms with Gasteiger partial charge in [-0.2, -0.15) is 0 Å². The summed E-state index contributed by atoms with van der Waals surface area (Å²) in [6, 6.07) is 3.35. The summed E-state index contributed by atoms with van der Waals surface area (Å²) in [5.74, 6) is 0. The molecule has 1 aliphatic carbocycles. The summed E-state index contributed by atoms with van der Waals surface area (Å²) in [6.07, 6.45) is 7.74. The molecule has 2 N–H and O–H groups in total. The summed E-state index contributed by atoms with van der Waals surface area (Å²) in [4.78, 5) is 17.3. The van der Waals surface area contributed by atoms with Crippen LogP contribution < -0.4 is 5.32 Å². The SMILES string of the molecule is C(=NCCC1CNCCO1)=NC1CCCCC1.CCOP(=O)(O)OCC. The minimum Gasteiger partial charge on any atom is -0.376 e. The molecule has 0 radical (unpaired) electrons. The van der Waals surface area contributed by atoms with Gasteiger partial charge in [0.2, 0.25) is 0 Å². The lowest BCUT2D eigenvalue weighted by atomic mass is 9.96. The van der Waals surface area contributed by atoms with E-state index in [-0.39, 0.29) is 13.2 Å². The third-order valence-electron chi connectivity index (χ3n) is 4.04. The average molecular weight is 391 g/mol. The van der Waals surface area contributed by atoms with Crippen LogP contribution in [-0.2, 0) is 18.3 Å². The van der Waals surface area contributed by atoms with Crippen molar-refractivity contribution in [3.05, 3.63) is 0 Å². The fraction of sp³-hybridized carbons (Fsp3) is 0.941. The van der Waals surface area contributed by atoms with Gasteiger partial charge in [0.15, 0.2) is 0 Å². The second-order valence-corrected chi connectivity index (χ2v) is 7.65. The van der Waals surface area contributed by atoms with Gasteiger partial charge in [-0.25, -0.2) is 14.5 Å². The maximum Gasteiger partial charge on any atom is 0.472 e. The van der Waals surface area contributed by atoms with E-state index >= 15 is 0 Å². The van der Waals surface area contributed by atoms with Gasteiger partial charge < -0.3 is 14.9 Å². The molecule has 0 aromatic heterocycles. The zero-order valence-corrected chi connectivity index (χ0v) is 17.0. The molecule has 2 fully saturated rings. The Kier molecular flexibility index (Phi) is 13.0. The second kappa shape index (κ2) is 14.5. The molecule has 0 amide bonds. The minimum atomic E-state index is -3.69. The molecule has 0 aromatic rings. The summed E-state index contributed by atoms with van der Waals surface area (Å²) >= 11 is 0. The van der Waals surface area contributed by atoms with E-state index in [2.05, 4.69) is 30.4 Å². The van der Waals surface area contributed by atoms with Gasteiger partial charge in [-0.05, 0) is 33.1 Å². The molecule has 0 bridgehead atoms. The molecule has 1 aliphatic heterocycles. The Labute approximate surface area is 157 Å². The number of phosphoric acid groups is 1.